The van der Waals surface area contributed by atoms with Gasteiger partial charge in [-0.25, -0.2) is 4.68 Å². The van der Waals surface area contributed by atoms with E-state index < -0.39 is 0 Å². The molecule has 0 saturated heterocycles. The monoisotopic (exact) mass is 405 g/mol. The summed E-state index contributed by atoms with van der Waals surface area (Å²) in [6.45, 7) is 4.36. The molecule has 7 nitrogen and oxygen atoms in total. The first-order chi connectivity index (χ1) is 14.7. The van der Waals surface area contributed by atoms with E-state index in [1.807, 2.05) is 41.2 Å². The van der Waals surface area contributed by atoms with Gasteiger partial charge in [0.1, 0.15) is 5.82 Å². The van der Waals surface area contributed by atoms with E-state index >= 15 is 0 Å². The van der Waals surface area contributed by atoms with Gasteiger partial charge in [-0.3, -0.25) is 0 Å². The maximum Gasteiger partial charge on any atom is 0.226 e. The Balaban J connectivity index is 1.29. The largest absolute Gasteiger partial charge is 0.369 e. The van der Waals surface area contributed by atoms with E-state index in [0.29, 0.717) is 12.5 Å². The number of benzene rings is 1. The summed E-state index contributed by atoms with van der Waals surface area (Å²) in [4.78, 5) is 9.48. The number of hydrogen-bond donors (Lipinski definition) is 3. The highest BCUT2D eigenvalue weighted by molar-refractivity contribution is 5.87. The minimum Gasteiger partial charge on any atom is -0.369 e. The molecule has 1 unspecified atom stereocenters. The number of nitrogens with two attached hydrogens (primary N) is 1. The number of anilines is 2. The lowest BCUT2D eigenvalue weighted by atomic mass is 9.79. The second-order valence-electron chi connectivity index (χ2n) is 8.82. The molecule has 0 amide bonds. The molecule has 30 heavy (non-hydrogen) atoms. The predicted octanol–water partition coefficient (Wildman–Crippen LogP) is 3.95. The van der Waals surface area contributed by atoms with Crippen LogP contribution in [0.1, 0.15) is 50.6 Å². The summed E-state index contributed by atoms with van der Waals surface area (Å²) in [5, 5.41) is 12.4. The molecular formula is C23H31N7. The summed E-state index contributed by atoms with van der Waals surface area (Å²) < 4.78 is 1.91. The number of aryl methyl sites for hydroxylation is 1. The van der Waals surface area contributed by atoms with Gasteiger partial charge in [0.05, 0.1) is 11.6 Å². The van der Waals surface area contributed by atoms with Crippen LogP contribution >= 0.6 is 0 Å². The van der Waals surface area contributed by atoms with Gasteiger partial charge in [-0.1, -0.05) is 36.8 Å². The lowest BCUT2D eigenvalue weighted by Gasteiger charge is -2.26. The first-order valence-electron chi connectivity index (χ1n) is 11.2. The van der Waals surface area contributed by atoms with Crippen LogP contribution in [-0.2, 0) is 6.54 Å². The third-order valence-electron chi connectivity index (χ3n) is 7.00. The van der Waals surface area contributed by atoms with Gasteiger partial charge in [0.25, 0.3) is 0 Å². The molecule has 2 atom stereocenters. The standard InChI is InChI=1S/C23H31N7/c1-2-30-21-18(14-27-30)20(25-12-9-17-13-23(17)10-6-11-23)28-22(29-21)26-15-19(24)16-7-4-3-5-8-16/h3-5,7-8,14,17,19H,2,6,9-13,15,24H2,1H3,(H2,25,26,28,29)/t17?,19-/m0/s1. The van der Waals surface area contributed by atoms with Gasteiger partial charge in [0, 0.05) is 25.7 Å². The number of nitrogens with zero attached hydrogens (tertiary/aromatic N) is 4. The van der Waals surface area contributed by atoms with Crippen molar-refractivity contribution in [3.05, 3.63) is 42.1 Å². The van der Waals surface area contributed by atoms with Crippen LogP contribution in [0, 0.1) is 11.3 Å². The van der Waals surface area contributed by atoms with E-state index in [1.165, 1.54) is 32.1 Å². The van der Waals surface area contributed by atoms with Gasteiger partial charge in [0.15, 0.2) is 5.65 Å². The summed E-state index contributed by atoms with van der Waals surface area (Å²) >= 11 is 0. The molecule has 2 fully saturated rings. The van der Waals surface area contributed by atoms with E-state index in [2.05, 4.69) is 22.7 Å². The fourth-order valence-corrected chi connectivity index (χ4v) is 4.87. The molecule has 0 aliphatic heterocycles. The van der Waals surface area contributed by atoms with Crippen LogP contribution in [0.25, 0.3) is 11.0 Å². The van der Waals surface area contributed by atoms with Gasteiger partial charge in [-0.2, -0.15) is 15.1 Å². The average Bonchev–Trinajstić information content (AvgIpc) is 3.36. The lowest BCUT2D eigenvalue weighted by Crippen LogP contribution is -2.22. The quantitative estimate of drug-likeness (QED) is 0.499. The summed E-state index contributed by atoms with van der Waals surface area (Å²) in [6, 6.07) is 9.98. The highest BCUT2D eigenvalue weighted by atomic mass is 15.3. The van der Waals surface area contributed by atoms with Crippen molar-refractivity contribution in [1.82, 2.24) is 19.7 Å². The van der Waals surface area contributed by atoms with Crippen molar-refractivity contribution in [2.24, 2.45) is 17.1 Å². The second kappa shape index (κ2) is 7.87. The Morgan fingerprint density at radius 2 is 2.03 bits per heavy atom. The molecule has 1 spiro atoms. The van der Waals surface area contributed by atoms with Crippen molar-refractivity contribution in [2.45, 2.75) is 51.6 Å². The van der Waals surface area contributed by atoms with Crippen LogP contribution in [0.4, 0.5) is 11.8 Å². The molecule has 2 aliphatic carbocycles. The molecule has 0 radical (unpaired) electrons. The molecule has 2 heterocycles. The SMILES string of the molecule is CCn1ncc2c(NCCC3CC34CCC4)nc(NC[C@H](N)c3ccccc3)nc21. The molecule has 5 rings (SSSR count). The zero-order chi connectivity index (χ0) is 20.6. The van der Waals surface area contributed by atoms with Crippen molar-refractivity contribution >= 4 is 22.8 Å². The van der Waals surface area contributed by atoms with E-state index in [-0.39, 0.29) is 6.04 Å². The molecule has 2 saturated carbocycles. The summed E-state index contributed by atoms with van der Waals surface area (Å²) in [6.07, 6.45) is 8.81. The summed E-state index contributed by atoms with van der Waals surface area (Å²) in [5.74, 6) is 2.35. The molecule has 7 heteroatoms. The fourth-order valence-electron chi connectivity index (χ4n) is 4.87. The van der Waals surface area contributed by atoms with Crippen LogP contribution in [0.15, 0.2) is 36.5 Å². The normalized spacial score (nSPS) is 20.1. The smallest absolute Gasteiger partial charge is 0.226 e. The van der Waals surface area contributed by atoms with Gasteiger partial charge < -0.3 is 16.4 Å². The Hall–Kier alpha value is -2.67. The lowest BCUT2D eigenvalue weighted by molar-refractivity contribution is 0.255. The Kier molecular flexibility index (Phi) is 5.06. The van der Waals surface area contributed by atoms with Crippen molar-refractivity contribution in [2.75, 3.05) is 23.7 Å². The third kappa shape index (κ3) is 3.62. The number of rotatable bonds is 9. The van der Waals surface area contributed by atoms with E-state index in [9.17, 15) is 0 Å². The average molecular weight is 406 g/mol. The van der Waals surface area contributed by atoms with Gasteiger partial charge in [-0.15, -0.1) is 0 Å². The van der Waals surface area contributed by atoms with Gasteiger partial charge in [0.2, 0.25) is 5.95 Å². The second-order valence-corrected chi connectivity index (χ2v) is 8.82. The van der Waals surface area contributed by atoms with Crippen LogP contribution in [0.2, 0.25) is 0 Å². The zero-order valence-electron chi connectivity index (χ0n) is 17.6. The Bertz CT molecular complexity index is 1010. The topological polar surface area (TPSA) is 93.7 Å². The number of nitrogens with one attached hydrogen (secondary N) is 2. The van der Waals surface area contributed by atoms with Crippen LogP contribution in [-0.4, -0.2) is 32.8 Å². The first kappa shape index (κ1) is 19.3. The zero-order valence-corrected chi connectivity index (χ0v) is 17.6. The Morgan fingerprint density at radius 3 is 2.73 bits per heavy atom. The summed E-state index contributed by atoms with van der Waals surface area (Å²) in [5.41, 5.74) is 9.01. The van der Waals surface area contributed by atoms with E-state index in [0.717, 1.165) is 46.8 Å². The number of aromatic nitrogens is 4. The number of fused-ring (bicyclic) bond motifs is 1. The predicted molar refractivity (Wildman–Crippen MR) is 120 cm³/mol. The highest BCUT2D eigenvalue weighted by Gasteiger charge is 2.56. The van der Waals surface area contributed by atoms with Crippen molar-refractivity contribution in [1.29, 1.82) is 0 Å². The van der Waals surface area contributed by atoms with Crippen LogP contribution in [0.5, 0.6) is 0 Å². The maximum atomic E-state index is 6.34. The first-order valence-corrected chi connectivity index (χ1v) is 11.2. The molecule has 2 aliphatic rings. The molecule has 1 aromatic carbocycles. The van der Waals surface area contributed by atoms with Crippen molar-refractivity contribution in [3.63, 3.8) is 0 Å². The molecule has 2 aromatic heterocycles. The molecular weight excluding hydrogens is 374 g/mol. The molecule has 3 aromatic rings. The van der Waals surface area contributed by atoms with Gasteiger partial charge >= 0.3 is 0 Å². The minimum atomic E-state index is -0.119. The van der Waals surface area contributed by atoms with E-state index in [1.54, 1.807) is 0 Å². The minimum absolute atomic E-state index is 0.119. The summed E-state index contributed by atoms with van der Waals surface area (Å²) in [7, 11) is 0. The fraction of sp³-hybridized carbons (Fsp3) is 0.522. The van der Waals surface area contributed by atoms with Gasteiger partial charge in [-0.05, 0) is 49.5 Å². The third-order valence-corrected chi connectivity index (χ3v) is 7.00. The van der Waals surface area contributed by atoms with Crippen LogP contribution < -0.4 is 16.4 Å². The Morgan fingerprint density at radius 1 is 1.20 bits per heavy atom. The maximum absolute atomic E-state index is 6.34. The molecule has 0 bridgehead atoms. The molecule has 158 valence electrons. The van der Waals surface area contributed by atoms with E-state index in [4.69, 9.17) is 15.7 Å². The number of hydrogen-bond acceptors (Lipinski definition) is 6. The van der Waals surface area contributed by atoms with Crippen LogP contribution in [0.3, 0.4) is 0 Å². The van der Waals surface area contributed by atoms with Crippen molar-refractivity contribution < 1.29 is 0 Å². The van der Waals surface area contributed by atoms with Crippen molar-refractivity contribution in [3.8, 4) is 0 Å². The highest BCUT2D eigenvalue weighted by Crippen LogP contribution is 2.66. The molecule has 4 N–H and O–H groups in total. The Labute approximate surface area is 177 Å².